The predicted molar refractivity (Wildman–Crippen MR) is 134 cm³/mol. The number of carbonyl (C=O) groups excluding carboxylic acids is 1. The van der Waals surface area contributed by atoms with Crippen LogP contribution in [0.2, 0.25) is 0 Å². The van der Waals surface area contributed by atoms with E-state index in [0.717, 1.165) is 48.8 Å². The number of benzene rings is 2. The van der Waals surface area contributed by atoms with Crippen LogP contribution in [-0.4, -0.2) is 36.5 Å². The first-order valence-electron chi connectivity index (χ1n) is 10.8. The lowest BCUT2D eigenvalue weighted by atomic mass is 10.0. The zero-order valence-electron chi connectivity index (χ0n) is 18.0. The molecule has 0 spiro atoms. The van der Waals surface area contributed by atoms with E-state index >= 15 is 0 Å². The molecule has 2 aliphatic heterocycles. The molecule has 2 aromatic rings. The van der Waals surface area contributed by atoms with E-state index in [-0.39, 0.29) is 35.9 Å². The van der Waals surface area contributed by atoms with E-state index in [0.29, 0.717) is 26.1 Å². The van der Waals surface area contributed by atoms with Gasteiger partial charge in [-0.25, -0.2) is 4.99 Å². The van der Waals surface area contributed by atoms with Gasteiger partial charge in [-0.2, -0.15) is 0 Å². The molecule has 0 saturated carbocycles. The van der Waals surface area contributed by atoms with Crippen molar-refractivity contribution in [1.82, 2.24) is 15.5 Å². The molecule has 2 heterocycles. The van der Waals surface area contributed by atoms with Gasteiger partial charge in [0.15, 0.2) is 5.96 Å². The minimum atomic E-state index is 0. The molecule has 7 heteroatoms. The first kappa shape index (κ1) is 23.4. The molecule has 1 amide bonds. The lowest BCUT2D eigenvalue weighted by Gasteiger charge is -2.28. The molecule has 0 bridgehead atoms. The molecule has 2 aromatic carbocycles. The van der Waals surface area contributed by atoms with Crippen molar-refractivity contribution in [3.63, 3.8) is 0 Å². The Morgan fingerprint density at radius 2 is 2.03 bits per heavy atom. The number of carbonyl (C=O) groups is 1. The lowest BCUT2D eigenvalue weighted by Crippen LogP contribution is -2.41. The number of hydrogen-bond acceptors (Lipinski definition) is 3. The highest BCUT2D eigenvalue weighted by molar-refractivity contribution is 14.0. The number of nitrogens with zero attached hydrogens (tertiary/aromatic N) is 2. The Morgan fingerprint density at radius 3 is 2.84 bits per heavy atom. The van der Waals surface area contributed by atoms with Crippen LogP contribution >= 0.6 is 24.0 Å². The van der Waals surface area contributed by atoms with Crippen molar-refractivity contribution in [3.8, 4) is 5.75 Å². The van der Waals surface area contributed by atoms with Gasteiger partial charge < -0.3 is 20.3 Å². The van der Waals surface area contributed by atoms with Crippen LogP contribution in [0.5, 0.6) is 5.75 Å². The van der Waals surface area contributed by atoms with Crippen molar-refractivity contribution in [2.75, 3.05) is 19.7 Å². The Hall–Kier alpha value is -2.29. The number of guanidine groups is 1. The summed E-state index contributed by atoms with van der Waals surface area (Å²) in [7, 11) is 0. The van der Waals surface area contributed by atoms with Gasteiger partial charge in [-0.3, -0.25) is 4.79 Å². The van der Waals surface area contributed by atoms with Crippen LogP contribution in [0.1, 0.15) is 48.9 Å². The Bertz CT molecular complexity index is 918. The molecule has 1 fully saturated rings. The molecular formula is C24H31IN4O2. The smallest absolute Gasteiger partial charge is 0.222 e. The van der Waals surface area contributed by atoms with Crippen molar-refractivity contribution in [1.29, 1.82) is 0 Å². The third-order valence-corrected chi connectivity index (χ3v) is 5.57. The standard InChI is InChI=1S/C24H30N4O2.HI/c1-2-25-24(27-21-12-14-30-22-10-4-3-9-20(21)22)26-16-18-7-5-8-19(15-18)17-28-13-6-11-23(28)29;/h3-5,7-10,15,21H,2,6,11-14,16-17H2,1H3,(H2,25,26,27);1H. The number of ether oxygens (including phenoxy) is 1. The van der Waals surface area contributed by atoms with Gasteiger partial charge >= 0.3 is 0 Å². The Balaban J connectivity index is 0.00000272. The number of nitrogens with one attached hydrogen (secondary N) is 2. The quantitative estimate of drug-likeness (QED) is 0.334. The largest absolute Gasteiger partial charge is 0.493 e. The molecule has 1 saturated heterocycles. The highest BCUT2D eigenvalue weighted by Crippen LogP contribution is 2.31. The number of halogens is 1. The number of fused-ring (bicyclic) bond motifs is 1. The highest BCUT2D eigenvalue weighted by Gasteiger charge is 2.22. The number of hydrogen-bond donors (Lipinski definition) is 2. The fourth-order valence-electron chi connectivity index (χ4n) is 4.07. The summed E-state index contributed by atoms with van der Waals surface area (Å²) in [6.45, 7) is 5.71. The third kappa shape index (κ3) is 6.12. The maximum Gasteiger partial charge on any atom is 0.222 e. The first-order valence-corrected chi connectivity index (χ1v) is 10.8. The van der Waals surface area contributed by atoms with Crippen LogP contribution in [0.4, 0.5) is 0 Å². The molecule has 0 radical (unpaired) electrons. The summed E-state index contributed by atoms with van der Waals surface area (Å²) in [5.74, 6) is 2.01. The van der Waals surface area contributed by atoms with Crippen molar-refractivity contribution in [2.45, 2.75) is 45.3 Å². The van der Waals surface area contributed by atoms with E-state index in [2.05, 4.69) is 47.9 Å². The molecule has 0 aromatic heterocycles. The number of rotatable bonds is 6. The molecule has 31 heavy (non-hydrogen) atoms. The molecular weight excluding hydrogens is 503 g/mol. The fraction of sp³-hybridized carbons (Fsp3) is 0.417. The minimum Gasteiger partial charge on any atom is -0.493 e. The summed E-state index contributed by atoms with van der Waals surface area (Å²) in [4.78, 5) is 18.7. The Morgan fingerprint density at radius 1 is 1.19 bits per heavy atom. The van der Waals surface area contributed by atoms with E-state index in [1.54, 1.807) is 0 Å². The highest BCUT2D eigenvalue weighted by atomic mass is 127. The van der Waals surface area contributed by atoms with Gasteiger partial charge in [0.1, 0.15) is 5.75 Å². The van der Waals surface area contributed by atoms with Crippen molar-refractivity contribution >= 4 is 35.8 Å². The number of likely N-dealkylation sites (tertiary alicyclic amines) is 1. The van der Waals surface area contributed by atoms with E-state index in [9.17, 15) is 4.79 Å². The van der Waals surface area contributed by atoms with Crippen LogP contribution in [-0.2, 0) is 17.9 Å². The summed E-state index contributed by atoms with van der Waals surface area (Å²) in [6, 6.07) is 16.7. The van der Waals surface area contributed by atoms with Gasteiger partial charge in [0.25, 0.3) is 0 Å². The van der Waals surface area contributed by atoms with Crippen LogP contribution in [0.15, 0.2) is 53.5 Å². The van der Waals surface area contributed by atoms with Crippen LogP contribution < -0.4 is 15.4 Å². The SMILES string of the molecule is CCNC(=NCc1cccc(CN2CCCC2=O)c1)NC1CCOc2ccccc21.I. The van der Waals surface area contributed by atoms with Crippen LogP contribution in [0, 0.1) is 0 Å². The summed E-state index contributed by atoms with van der Waals surface area (Å²) in [5.41, 5.74) is 3.48. The molecule has 4 rings (SSSR count). The van der Waals surface area contributed by atoms with Gasteiger partial charge in [-0.1, -0.05) is 42.5 Å². The summed E-state index contributed by atoms with van der Waals surface area (Å²) in [5, 5.41) is 6.92. The lowest BCUT2D eigenvalue weighted by molar-refractivity contribution is -0.128. The summed E-state index contributed by atoms with van der Waals surface area (Å²) < 4.78 is 5.77. The maximum atomic E-state index is 11.9. The average molecular weight is 534 g/mol. The van der Waals surface area contributed by atoms with Gasteiger partial charge in [0.05, 0.1) is 19.2 Å². The first-order chi connectivity index (χ1) is 14.7. The summed E-state index contributed by atoms with van der Waals surface area (Å²) >= 11 is 0. The van der Waals surface area contributed by atoms with Crippen LogP contribution in [0.25, 0.3) is 0 Å². The van der Waals surface area contributed by atoms with Crippen molar-refractivity contribution < 1.29 is 9.53 Å². The molecule has 1 atom stereocenters. The van der Waals surface area contributed by atoms with Gasteiger partial charge in [0, 0.05) is 38.0 Å². The van der Waals surface area contributed by atoms with Gasteiger partial charge in [-0.15, -0.1) is 24.0 Å². The molecule has 2 aliphatic rings. The van der Waals surface area contributed by atoms with Gasteiger partial charge in [-0.05, 0) is 30.5 Å². The monoisotopic (exact) mass is 534 g/mol. The zero-order chi connectivity index (χ0) is 20.8. The normalized spacial score (nSPS) is 18.1. The maximum absolute atomic E-state index is 11.9. The third-order valence-electron chi connectivity index (χ3n) is 5.57. The van der Waals surface area contributed by atoms with E-state index < -0.39 is 0 Å². The zero-order valence-corrected chi connectivity index (χ0v) is 20.3. The Kier molecular flexibility index (Phi) is 8.57. The van der Waals surface area contributed by atoms with Crippen molar-refractivity contribution in [2.24, 2.45) is 4.99 Å². The molecule has 1 unspecified atom stereocenters. The second-order valence-electron chi connectivity index (χ2n) is 7.81. The number of aliphatic imine (C=N–C) groups is 1. The van der Waals surface area contributed by atoms with E-state index in [1.165, 1.54) is 5.56 Å². The second-order valence-corrected chi connectivity index (χ2v) is 7.81. The molecule has 166 valence electrons. The second kappa shape index (κ2) is 11.4. The van der Waals surface area contributed by atoms with Crippen molar-refractivity contribution in [3.05, 3.63) is 65.2 Å². The topological polar surface area (TPSA) is 66.0 Å². The predicted octanol–water partition coefficient (Wildman–Crippen LogP) is 4.01. The van der Waals surface area contributed by atoms with Crippen LogP contribution in [0.3, 0.4) is 0 Å². The Labute approximate surface area is 201 Å². The minimum absolute atomic E-state index is 0. The molecule has 6 nitrogen and oxygen atoms in total. The molecule has 2 N–H and O–H groups in total. The number of para-hydroxylation sites is 1. The van der Waals surface area contributed by atoms with E-state index in [1.807, 2.05) is 23.1 Å². The molecule has 0 aliphatic carbocycles. The van der Waals surface area contributed by atoms with Gasteiger partial charge in [0.2, 0.25) is 5.91 Å². The fourth-order valence-corrected chi connectivity index (χ4v) is 4.07. The average Bonchev–Trinajstić information content (AvgIpc) is 3.17. The number of amides is 1. The van der Waals surface area contributed by atoms with E-state index in [4.69, 9.17) is 9.73 Å². The summed E-state index contributed by atoms with van der Waals surface area (Å²) in [6.07, 6.45) is 2.55.